The fraction of sp³-hybridized carbons (Fsp3) is 0.500. The van der Waals surface area contributed by atoms with Crippen molar-refractivity contribution in [2.75, 3.05) is 33.2 Å². The van der Waals surface area contributed by atoms with Gasteiger partial charge in [-0.3, -0.25) is 4.99 Å². The third-order valence-corrected chi connectivity index (χ3v) is 4.68. The van der Waals surface area contributed by atoms with Crippen molar-refractivity contribution in [1.29, 1.82) is 0 Å². The number of oxazole rings is 1. The van der Waals surface area contributed by atoms with E-state index in [2.05, 4.69) is 44.6 Å². The summed E-state index contributed by atoms with van der Waals surface area (Å²) in [6.07, 6.45) is 5.71. The molecule has 0 bridgehead atoms. The molecule has 140 valence electrons. The summed E-state index contributed by atoms with van der Waals surface area (Å²) in [5.41, 5.74) is 3.08. The zero-order valence-corrected chi connectivity index (χ0v) is 15.8. The van der Waals surface area contributed by atoms with Gasteiger partial charge in [-0.15, -0.1) is 0 Å². The summed E-state index contributed by atoms with van der Waals surface area (Å²) in [5, 5.41) is 6.67. The van der Waals surface area contributed by atoms with Crippen LogP contribution in [0.3, 0.4) is 0 Å². The number of rotatable bonds is 6. The number of benzene rings is 1. The Kier molecular flexibility index (Phi) is 6.66. The van der Waals surface area contributed by atoms with E-state index in [1.165, 1.54) is 37.9 Å². The van der Waals surface area contributed by atoms with Gasteiger partial charge in [-0.25, -0.2) is 4.98 Å². The first-order valence-electron chi connectivity index (χ1n) is 9.43. The largest absolute Gasteiger partial charge is 0.444 e. The molecule has 1 saturated heterocycles. The molecule has 0 amide bonds. The Morgan fingerprint density at radius 2 is 1.92 bits per heavy atom. The molecule has 1 aliphatic heterocycles. The van der Waals surface area contributed by atoms with Crippen molar-refractivity contribution in [3.05, 3.63) is 41.8 Å². The topological polar surface area (TPSA) is 65.7 Å². The van der Waals surface area contributed by atoms with Crippen LogP contribution >= 0.6 is 0 Å². The van der Waals surface area contributed by atoms with Gasteiger partial charge >= 0.3 is 0 Å². The number of guanidine groups is 1. The van der Waals surface area contributed by atoms with E-state index in [-0.39, 0.29) is 0 Å². The number of aliphatic imine (C=N–C) groups is 1. The van der Waals surface area contributed by atoms with E-state index in [4.69, 9.17) is 4.42 Å². The maximum Gasteiger partial charge on any atom is 0.226 e. The highest BCUT2D eigenvalue weighted by molar-refractivity contribution is 5.79. The third kappa shape index (κ3) is 5.33. The van der Waals surface area contributed by atoms with Gasteiger partial charge in [-0.2, -0.15) is 0 Å². The van der Waals surface area contributed by atoms with E-state index < -0.39 is 0 Å². The quantitative estimate of drug-likeness (QED) is 0.616. The smallest absolute Gasteiger partial charge is 0.226 e. The van der Waals surface area contributed by atoms with Crippen LogP contribution in [0.2, 0.25) is 0 Å². The standard InChI is InChI=1S/C20H29N5O/c1-16-6-8-17(9-7-16)19-24-18(15-26-19)14-23-20(21-2)22-10-13-25-11-4-3-5-12-25/h6-9,15H,3-5,10-14H2,1-2H3,(H2,21,22,23). The van der Waals surface area contributed by atoms with Gasteiger partial charge in [0.1, 0.15) is 6.26 Å². The summed E-state index contributed by atoms with van der Waals surface area (Å²) in [7, 11) is 1.79. The second kappa shape index (κ2) is 9.38. The van der Waals surface area contributed by atoms with Crippen molar-refractivity contribution in [3.8, 4) is 11.5 Å². The lowest BCUT2D eigenvalue weighted by Crippen LogP contribution is -2.42. The maximum atomic E-state index is 5.60. The van der Waals surface area contributed by atoms with E-state index in [1.807, 2.05) is 12.1 Å². The Bertz CT molecular complexity index is 701. The van der Waals surface area contributed by atoms with Gasteiger partial charge in [-0.05, 0) is 45.0 Å². The molecular formula is C20H29N5O. The van der Waals surface area contributed by atoms with Crippen molar-refractivity contribution in [3.63, 3.8) is 0 Å². The molecule has 2 aromatic rings. The molecule has 2 N–H and O–H groups in total. The molecule has 0 unspecified atom stereocenters. The first kappa shape index (κ1) is 18.5. The SMILES string of the molecule is CN=C(NCCN1CCCCC1)NCc1coc(-c2ccc(C)cc2)n1. The lowest BCUT2D eigenvalue weighted by Gasteiger charge is -2.26. The van der Waals surface area contributed by atoms with Crippen LogP contribution in [-0.4, -0.2) is 49.1 Å². The fourth-order valence-corrected chi connectivity index (χ4v) is 3.13. The van der Waals surface area contributed by atoms with Crippen LogP contribution in [0.15, 0.2) is 39.9 Å². The Morgan fingerprint density at radius 3 is 2.65 bits per heavy atom. The monoisotopic (exact) mass is 355 g/mol. The summed E-state index contributed by atoms with van der Waals surface area (Å²) >= 11 is 0. The lowest BCUT2D eigenvalue weighted by atomic mass is 10.1. The van der Waals surface area contributed by atoms with Crippen LogP contribution in [0.1, 0.15) is 30.5 Å². The minimum atomic E-state index is 0.582. The summed E-state index contributed by atoms with van der Waals surface area (Å²) in [5.74, 6) is 1.44. The number of aromatic nitrogens is 1. The molecule has 0 spiro atoms. The number of nitrogens with zero attached hydrogens (tertiary/aromatic N) is 3. The number of piperidine rings is 1. The summed E-state index contributed by atoms with van der Waals surface area (Å²) in [6, 6.07) is 8.18. The summed E-state index contributed by atoms with van der Waals surface area (Å²) < 4.78 is 5.60. The molecule has 1 fully saturated rings. The Hall–Kier alpha value is -2.34. The highest BCUT2D eigenvalue weighted by atomic mass is 16.3. The van der Waals surface area contributed by atoms with Crippen molar-refractivity contribution in [2.24, 2.45) is 4.99 Å². The molecular weight excluding hydrogens is 326 g/mol. The number of aryl methyl sites for hydroxylation is 1. The minimum absolute atomic E-state index is 0.582. The van der Waals surface area contributed by atoms with Gasteiger partial charge in [0, 0.05) is 25.7 Å². The average molecular weight is 355 g/mol. The molecule has 6 heteroatoms. The van der Waals surface area contributed by atoms with Crippen molar-refractivity contribution in [2.45, 2.75) is 32.7 Å². The third-order valence-electron chi connectivity index (χ3n) is 4.68. The molecule has 1 aromatic heterocycles. The number of likely N-dealkylation sites (tertiary alicyclic amines) is 1. The first-order valence-corrected chi connectivity index (χ1v) is 9.43. The highest BCUT2D eigenvalue weighted by Gasteiger charge is 2.10. The van der Waals surface area contributed by atoms with Crippen LogP contribution in [-0.2, 0) is 6.54 Å². The zero-order chi connectivity index (χ0) is 18.2. The van der Waals surface area contributed by atoms with Crippen LogP contribution in [0.4, 0.5) is 0 Å². The van der Waals surface area contributed by atoms with Crippen LogP contribution in [0.5, 0.6) is 0 Å². The molecule has 0 aliphatic carbocycles. The van der Waals surface area contributed by atoms with Gasteiger partial charge in [0.15, 0.2) is 5.96 Å². The van der Waals surface area contributed by atoms with Gasteiger partial charge in [-0.1, -0.05) is 24.1 Å². The molecule has 3 rings (SSSR count). The van der Waals surface area contributed by atoms with Crippen molar-refractivity contribution >= 4 is 5.96 Å². The molecule has 0 radical (unpaired) electrons. The fourth-order valence-electron chi connectivity index (χ4n) is 3.13. The number of hydrogen-bond donors (Lipinski definition) is 2. The van der Waals surface area contributed by atoms with Gasteiger partial charge in [0.25, 0.3) is 0 Å². The normalized spacial score (nSPS) is 15.8. The van der Waals surface area contributed by atoms with E-state index in [0.29, 0.717) is 12.4 Å². The van der Waals surface area contributed by atoms with E-state index >= 15 is 0 Å². The molecule has 1 aliphatic rings. The molecule has 6 nitrogen and oxygen atoms in total. The van der Waals surface area contributed by atoms with E-state index in [0.717, 1.165) is 30.3 Å². The van der Waals surface area contributed by atoms with Crippen LogP contribution in [0, 0.1) is 6.92 Å². The first-order chi connectivity index (χ1) is 12.7. The molecule has 1 aromatic carbocycles. The van der Waals surface area contributed by atoms with Crippen LogP contribution < -0.4 is 10.6 Å². The molecule has 26 heavy (non-hydrogen) atoms. The second-order valence-corrected chi connectivity index (χ2v) is 6.76. The molecule has 0 saturated carbocycles. The predicted molar refractivity (Wildman–Crippen MR) is 105 cm³/mol. The van der Waals surface area contributed by atoms with Gasteiger partial charge in [0.05, 0.1) is 12.2 Å². The number of nitrogens with one attached hydrogen (secondary N) is 2. The Labute approximate surface area is 155 Å². The van der Waals surface area contributed by atoms with E-state index in [9.17, 15) is 0 Å². The van der Waals surface area contributed by atoms with Crippen molar-refractivity contribution < 1.29 is 4.42 Å². The molecule has 2 heterocycles. The minimum Gasteiger partial charge on any atom is -0.444 e. The molecule has 0 atom stereocenters. The predicted octanol–water partition coefficient (Wildman–Crippen LogP) is 2.80. The maximum absolute atomic E-state index is 5.60. The Balaban J connectivity index is 1.44. The van der Waals surface area contributed by atoms with Crippen LogP contribution in [0.25, 0.3) is 11.5 Å². The second-order valence-electron chi connectivity index (χ2n) is 6.76. The highest BCUT2D eigenvalue weighted by Crippen LogP contribution is 2.18. The summed E-state index contributed by atoms with van der Waals surface area (Å²) in [6.45, 7) is 7.04. The Morgan fingerprint density at radius 1 is 1.15 bits per heavy atom. The average Bonchev–Trinajstić information content (AvgIpc) is 3.15. The van der Waals surface area contributed by atoms with E-state index in [1.54, 1.807) is 13.3 Å². The zero-order valence-electron chi connectivity index (χ0n) is 15.8. The summed E-state index contributed by atoms with van der Waals surface area (Å²) in [4.78, 5) is 11.3. The van der Waals surface area contributed by atoms with Crippen molar-refractivity contribution in [1.82, 2.24) is 20.5 Å². The lowest BCUT2D eigenvalue weighted by molar-refractivity contribution is 0.232. The number of hydrogen-bond acceptors (Lipinski definition) is 4. The van der Waals surface area contributed by atoms with Gasteiger partial charge < -0.3 is 20.0 Å². The van der Waals surface area contributed by atoms with Gasteiger partial charge in [0.2, 0.25) is 5.89 Å².